The summed E-state index contributed by atoms with van der Waals surface area (Å²) in [5, 5.41) is 0. The van der Waals surface area contributed by atoms with Gasteiger partial charge in [0.1, 0.15) is 0 Å². The maximum Gasteiger partial charge on any atom is 0.0181 e. The number of hydrogen-bond donors (Lipinski definition) is 0. The molecule has 0 bridgehead atoms. The highest BCUT2D eigenvalue weighted by Gasteiger charge is 2.35. The average molecular weight is 281 g/mol. The van der Waals surface area contributed by atoms with Crippen LogP contribution in [0.2, 0.25) is 0 Å². The third-order valence-electron chi connectivity index (χ3n) is 3.71. The molecule has 0 saturated heterocycles. The van der Waals surface area contributed by atoms with Gasteiger partial charge in [-0.2, -0.15) is 0 Å². The normalized spacial score (nSPS) is 13.5. The zero-order valence-electron chi connectivity index (χ0n) is 14.3. The minimum atomic E-state index is 0.256. The van der Waals surface area contributed by atoms with Gasteiger partial charge in [-0.05, 0) is 30.4 Å². The van der Waals surface area contributed by atoms with Gasteiger partial charge in [-0.1, -0.05) is 73.1 Å². The van der Waals surface area contributed by atoms with E-state index in [2.05, 4.69) is 72.7 Å². The van der Waals surface area contributed by atoms with E-state index in [1.807, 2.05) is 25.6 Å². The monoisotopic (exact) mass is 280 g/mol. The van der Waals surface area contributed by atoms with Crippen LogP contribution in [0.3, 0.4) is 0 Å². The number of rotatable bonds is 3. The van der Waals surface area contributed by atoms with Crippen molar-refractivity contribution in [3.8, 4) is 0 Å². The zero-order chi connectivity index (χ0) is 15.3. The van der Waals surface area contributed by atoms with Crippen LogP contribution in [0.1, 0.15) is 61.0 Å². The molecule has 0 heterocycles. The molecule has 1 atom stereocenters. The average Bonchev–Trinajstić information content (AvgIpc) is 2.29. The van der Waals surface area contributed by atoms with Crippen LogP contribution in [0.4, 0.5) is 0 Å². The molecule has 0 nitrogen and oxygen atoms in total. The van der Waals surface area contributed by atoms with Crippen molar-refractivity contribution in [3.63, 3.8) is 0 Å². The smallest absolute Gasteiger partial charge is 0.0181 e. The summed E-state index contributed by atoms with van der Waals surface area (Å²) < 4.78 is 0.256. The summed E-state index contributed by atoms with van der Waals surface area (Å²) in [5.74, 6) is 0.653. The Balaban J connectivity index is 0.00000154. The van der Waals surface area contributed by atoms with Crippen molar-refractivity contribution in [1.82, 2.24) is 0 Å². The molecule has 0 radical (unpaired) electrons. The molecule has 1 aromatic rings. The molecule has 0 saturated carbocycles. The summed E-state index contributed by atoms with van der Waals surface area (Å²) in [6, 6.07) is 8.80. The minimum absolute atomic E-state index is 0.256. The van der Waals surface area contributed by atoms with E-state index in [4.69, 9.17) is 0 Å². The number of hydrogen-bond acceptors (Lipinski definition) is 1. The molecule has 0 aromatic heterocycles. The summed E-state index contributed by atoms with van der Waals surface area (Å²) in [4.78, 5) is 1.38. The molecule has 0 N–H and O–H groups in total. The van der Waals surface area contributed by atoms with Crippen LogP contribution < -0.4 is 0 Å². The molecule has 19 heavy (non-hydrogen) atoms. The summed E-state index contributed by atoms with van der Waals surface area (Å²) in [5.41, 5.74) is 1.69. The van der Waals surface area contributed by atoms with E-state index >= 15 is 0 Å². The van der Waals surface area contributed by atoms with Gasteiger partial charge in [0.2, 0.25) is 0 Å². The molecule has 0 aliphatic rings. The molecule has 0 spiro atoms. The largest absolute Gasteiger partial charge is 0.120 e. The Hall–Kier alpha value is -0.430. The SMILES string of the molecule is CC.Cc1cccc(SC(C)(C)C(C)C(C)(C)C)c1. The lowest BCUT2D eigenvalue weighted by molar-refractivity contribution is 0.219. The first-order valence-corrected chi connectivity index (χ1v) is 8.20. The van der Waals surface area contributed by atoms with Crippen molar-refractivity contribution >= 4 is 11.8 Å². The lowest BCUT2D eigenvalue weighted by Crippen LogP contribution is -2.35. The van der Waals surface area contributed by atoms with Gasteiger partial charge in [-0.25, -0.2) is 0 Å². The molecule has 0 aliphatic heterocycles. The predicted molar refractivity (Wildman–Crippen MR) is 91.1 cm³/mol. The third-order valence-corrected chi connectivity index (χ3v) is 5.08. The van der Waals surface area contributed by atoms with Crippen molar-refractivity contribution in [3.05, 3.63) is 29.8 Å². The van der Waals surface area contributed by atoms with Gasteiger partial charge < -0.3 is 0 Å². The van der Waals surface area contributed by atoms with Crippen molar-refractivity contribution in [2.24, 2.45) is 11.3 Å². The van der Waals surface area contributed by atoms with Crippen LogP contribution in [0, 0.1) is 18.3 Å². The van der Waals surface area contributed by atoms with E-state index in [0.29, 0.717) is 11.3 Å². The molecular formula is C18H32S. The number of benzene rings is 1. The number of aryl methyl sites for hydroxylation is 1. The molecule has 0 amide bonds. The summed E-state index contributed by atoms with van der Waals surface area (Å²) in [6.07, 6.45) is 0. The second-order valence-corrected chi connectivity index (χ2v) is 8.34. The van der Waals surface area contributed by atoms with E-state index in [-0.39, 0.29) is 4.75 Å². The van der Waals surface area contributed by atoms with Crippen LogP contribution in [-0.2, 0) is 0 Å². The Bertz CT molecular complexity index is 372. The molecule has 0 fully saturated rings. The molecule has 1 heteroatoms. The Morgan fingerprint density at radius 1 is 1.00 bits per heavy atom. The standard InChI is InChI=1S/C16H26S.C2H6/c1-12-9-8-10-14(11-12)17-16(6,7)13(2)15(3,4)5;1-2/h8-11,13H,1-7H3;1-2H3. The van der Waals surface area contributed by atoms with E-state index in [1.54, 1.807) is 0 Å². The minimum Gasteiger partial charge on any atom is -0.120 e. The highest BCUT2D eigenvalue weighted by atomic mass is 32.2. The quantitative estimate of drug-likeness (QED) is 0.564. The van der Waals surface area contributed by atoms with E-state index < -0.39 is 0 Å². The van der Waals surface area contributed by atoms with Gasteiger partial charge in [-0.15, -0.1) is 11.8 Å². The van der Waals surface area contributed by atoms with E-state index in [0.717, 1.165) is 0 Å². The second kappa shape index (κ2) is 7.38. The summed E-state index contributed by atoms with van der Waals surface area (Å²) in [6.45, 7) is 20.2. The topological polar surface area (TPSA) is 0 Å². The molecule has 1 unspecified atom stereocenters. The van der Waals surface area contributed by atoms with Crippen LogP contribution in [0.15, 0.2) is 29.2 Å². The van der Waals surface area contributed by atoms with E-state index in [9.17, 15) is 0 Å². The first kappa shape index (κ1) is 18.6. The summed E-state index contributed by atoms with van der Waals surface area (Å²) >= 11 is 2.00. The predicted octanol–water partition coefficient (Wildman–Crippen LogP) is 6.57. The van der Waals surface area contributed by atoms with Crippen LogP contribution in [0.25, 0.3) is 0 Å². The van der Waals surface area contributed by atoms with Gasteiger partial charge in [0, 0.05) is 9.64 Å². The highest BCUT2D eigenvalue weighted by molar-refractivity contribution is 8.00. The van der Waals surface area contributed by atoms with Gasteiger partial charge >= 0.3 is 0 Å². The second-order valence-electron chi connectivity index (χ2n) is 6.61. The van der Waals surface area contributed by atoms with Crippen molar-refractivity contribution < 1.29 is 0 Å². The lowest BCUT2D eigenvalue weighted by Gasteiger charge is -2.40. The van der Waals surface area contributed by atoms with E-state index in [1.165, 1.54) is 10.5 Å². The maximum absolute atomic E-state index is 2.36. The van der Waals surface area contributed by atoms with Crippen molar-refractivity contribution in [1.29, 1.82) is 0 Å². The van der Waals surface area contributed by atoms with Crippen LogP contribution in [-0.4, -0.2) is 4.75 Å². The molecule has 1 aromatic carbocycles. The molecular weight excluding hydrogens is 248 g/mol. The molecule has 110 valence electrons. The first-order chi connectivity index (χ1) is 8.63. The zero-order valence-corrected chi connectivity index (χ0v) is 15.1. The molecule has 0 aliphatic carbocycles. The van der Waals surface area contributed by atoms with Gasteiger partial charge in [0.05, 0.1) is 0 Å². The van der Waals surface area contributed by atoms with Gasteiger partial charge in [-0.3, -0.25) is 0 Å². The maximum atomic E-state index is 2.36. The van der Waals surface area contributed by atoms with Crippen molar-refractivity contribution in [2.75, 3.05) is 0 Å². The lowest BCUT2D eigenvalue weighted by atomic mass is 9.75. The van der Waals surface area contributed by atoms with Crippen LogP contribution in [0.5, 0.6) is 0 Å². The van der Waals surface area contributed by atoms with Crippen molar-refractivity contribution in [2.45, 2.75) is 72.0 Å². The first-order valence-electron chi connectivity index (χ1n) is 7.38. The van der Waals surface area contributed by atoms with Crippen LogP contribution >= 0.6 is 11.8 Å². The van der Waals surface area contributed by atoms with Gasteiger partial charge in [0.25, 0.3) is 0 Å². The highest BCUT2D eigenvalue weighted by Crippen LogP contribution is 2.45. The Morgan fingerprint density at radius 3 is 1.95 bits per heavy atom. The Kier molecular flexibility index (Phi) is 7.21. The molecule has 1 rings (SSSR count). The summed E-state index contributed by atoms with van der Waals surface area (Å²) in [7, 11) is 0. The fraction of sp³-hybridized carbons (Fsp3) is 0.667. The Labute approximate surface area is 125 Å². The fourth-order valence-electron chi connectivity index (χ4n) is 2.11. The fourth-order valence-corrected chi connectivity index (χ4v) is 3.64. The Morgan fingerprint density at radius 2 is 1.53 bits per heavy atom. The number of thioether (sulfide) groups is 1. The third kappa shape index (κ3) is 6.03. The van der Waals surface area contributed by atoms with Gasteiger partial charge in [0.15, 0.2) is 0 Å².